The van der Waals surface area contributed by atoms with Crippen molar-refractivity contribution in [2.45, 2.75) is 32.7 Å². The molecule has 0 bridgehead atoms. The summed E-state index contributed by atoms with van der Waals surface area (Å²) in [6.45, 7) is 7.65. The van der Waals surface area contributed by atoms with Crippen LogP contribution in [0.2, 0.25) is 5.15 Å². The van der Waals surface area contributed by atoms with E-state index in [4.69, 9.17) is 11.6 Å². The van der Waals surface area contributed by atoms with Crippen molar-refractivity contribution in [3.63, 3.8) is 0 Å². The van der Waals surface area contributed by atoms with E-state index in [-0.39, 0.29) is 0 Å². The highest BCUT2D eigenvalue weighted by Crippen LogP contribution is 2.22. The molecular formula is C15H22ClN3. The quantitative estimate of drug-likeness (QED) is 0.674. The van der Waals surface area contributed by atoms with Gasteiger partial charge in [0.1, 0.15) is 0 Å². The van der Waals surface area contributed by atoms with Gasteiger partial charge in [0.05, 0.1) is 5.69 Å². The van der Waals surface area contributed by atoms with Gasteiger partial charge in [-0.2, -0.15) is 0 Å². The highest BCUT2D eigenvalue weighted by molar-refractivity contribution is 6.31. The van der Waals surface area contributed by atoms with Crippen LogP contribution >= 0.6 is 11.6 Å². The molecule has 0 aliphatic carbocycles. The summed E-state index contributed by atoms with van der Waals surface area (Å²) in [5, 5.41) is 4.06. The van der Waals surface area contributed by atoms with E-state index < -0.39 is 0 Å². The lowest BCUT2D eigenvalue weighted by molar-refractivity contribution is 0.240. The highest BCUT2D eigenvalue weighted by Gasteiger charge is 2.18. The van der Waals surface area contributed by atoms with Gasteiger partial charge in [-0.25, -0.2) is 4.98 Å². The molecule has 1 aliphatic rings. The number of aromatic nitrogens is 1. The van der Waals surface area contributed by atoms with E-state index >= 15 is 0 Å². The van der Waals surface area contributed by atoms with Crippen LogP contribution in [0.25, 0.3) is 0 Å². The fourth-order valence-electron chi connectivity index (χ4n) is 2.29. The molecule has 0 unspecified atom stereocenters. The average molecular weight is 280 g/mol. The molecule has 0 atom stereocenters. The van der Waals surface area contributed by atoms with Crippen LogP contribution in [0, 0.1) is 0 Å². The van der Waals surface area contributed by atoms with Crippen LogP contribution < -0.4 is 5.32 Å². The Morgan fingerprint density at radius 2 is 2.21 bits per heavy atom. The molecule has 0 aromatic carbocycles. The topological polar surface area (TPSA) is 28.2 Å². The molecular weight excluding hydrogens is 258 g/mol. The maximum Gasteiger partial charge on any atom is 0.152 e. The number of piperidine rings is 1. The molecule has 0 amide bonds. The molecule has 2 heterocycles. The fourth-order valence-corrected chi connectivity index (χ4v) is 2.46. The standard InChI is InChI=1S/C15H22ClN3/c1-12(2)5-9-19-10-6-13(7-11-19)18-14-4-3-8-17-15(14)16/h3-5,8,13,18H,6-7,9-11H2,1-2H3. The number of nitrogens with zero attached hydrogens (tertiary/aromatic N) is 2. The first-order valence-electron chi connectivity index (χ1n) is 6.88. The Morgan fingerprint density at radius 1 is 1.47 bits per heavy atom. The SMILES string of the molecule is CC(C)=CCN1CCC(Nc2cccnc2Cl)CC1. The van der Waals surface area contributed by atoms with Crippen LogP contribution in [0.15, 0.2) is 30.0 Å². The van der Waals surface area contributed by atoms with Gasteiger partial charge in [-0.1, -0.05) is 23.3 Å². The molecule has 1 N–H and O–H groups in total. The normalized spacial score (nSPS) is 17.2. The fraction of sp³-hybridized carbons (Fsp3) is 0.533. The summed E-state index contributed by atoms with van der Waals surface area (Å²) < 4.78 is 0. The summed E-state index contributed by atoms with van der Waals surface area (Å²) in [6, 6.07) is 4.41. The second-order valence-electron chi connectivity index (χ2n) is 5.34. The van der Waals surface area contributed by atoms with Crippen molar-refractivity contribution >= 4 is 17.3 Å². The Labute approximate surface area is 120 Å². The lowest BCUT2D eigenvalue weighted by atomic mass is 10.0. The number of hydrogen-bond acceptors (Lipinski definition) is 3. The number of likely N-dealkylation sites (tertiary alicyclic amines) is 1. The first-order valence-corrected chi connectivity index (χ1v) is 7.25. The van der Waals surface area contributed by atoms with Crippen molar-refractivity contribution in [1.82, 2.24) is 9.88 Å². The number of rotatable bonds is 4. The number of halogens is 1. The monoisotopic (exact) mass is 279 g/mol. The van der Waals surface area contributed by atoms with E-state index in [1.807, 2.05) is 12.1 Å². The summed E-state index contributed by atoms with van der Waals surface area (Å²) >= 11 is 6.06. The zero-order valence-corrected chi connectivity index (χ0v) is 12.5. The molecule has 0 spiro atoms. The number of hydrogen-bond donors (Lipinski definition) is 1. The van der Waals surface area contributed by atoms with E-state index in [1.165, 1.54) is 5.57 Å². The molecule has 4 heteroatoms. The van der Waals surface area contributed by atoms with E-state index in [1.54, 1.807) is 6.20 Å². The Morgan fingerprint density at radius 3 is 2.84 bits per heavy atom. The van der Waals surface area contributed by atoms with Crippen molar-refractivity contribution in [3.05, 3.63) is 35.1 Å². The zero-order valence-electron chi connectivity index (χ0n) is 11.7. The summed E-state index contributed by atoms with van der Waals surface area (Å²) in [7, 11) is 0. The Kier molecular flexibility index (Phi) is 5.23. The molecule has 0 saturated carbocycles. The molecule has 1 aromatic heterocycles. The van der Waals surface area contributed by atoms with E-state index in [9.17, 15) is 0 Å². The van der Waals surface area contributed by atoms with Crippen molar-refractivity contribution in [2.24, 2.45) is 0 Å². The number of pyridine rings is 1. The maximum atomic E-state index is 6.06. The van der Waals surface area contributed by atoms with Gasteiger partial charge in [0.15, 0.2) is 5.15 Å². The zero-order chi connectivity index (χ0) is 13.7. The molecule has 104 valence electrons. The van der Waals surface area contributed by atoms with Crippen molar-refractivity contribution in [1.29, 1.82) is 0 Å². The van der Waals surface area contributed by atoms with Crippen LogP contribution in [-0.4, -0.2) is 35.6 Å². The minimum atomic E-state index is 0.504. The average Bonchev–Trinajstić information content (AvgIpc) is 2.40. The van der Waals surface area contributed by atoms with Crippen LogP contribution in [0.3, 0.4) is 0 Å². The molecule has 0 radical (unpaired) electrons. The predicted octanol–water partition coefficient (Wildman–Crippen LogP) is 3.58. The van der Waals surface area contributed by atoms with Crippen molar-refractivity contribution in [2.75, 3.05) is 25.0 Å². The van der Waals surface area contributed by atoms with Gasteiger partial charge in [-0.05, 0) is 38.8 Å². The maximum absolute atomic E-state index is 6.06. The smallest absolute Gasteiger partial charge is 0.152 e. The van der Waals surface area contributed by atoms with Crippen LogP contribution in [0.4, 0.5) is 5.69 Å². The minimum Gasteiger partial charge on any atom is -0.380 e. The van der Waals surface area contributed by atoms with Gasteiger partial charge in [0.2, 0.25) is 0 Å². The lowest BCUT2D eigenvalue weighted by Gasteiger charge is -2.32. The molecule has 3 nitrogen and oxygen atoms in total. The molecule has 1 saturated heterocycles. The lowest BCUT2D eigenvalue weighted by Crippen LogP contribution is -2.39. The van der Waals surface area contributed by atoms with Gasteiger partial charge in [-0.15, -0.1) is 0 Å². The largest absolute Gasteiger partial charge is 0.380 e. The first-order chi connectivity index (χ1) is 9.15. The third-order valence-electron chi connectivity index (χ3n) is 3.46. The summed E-state index contributed by atoms with van der Waals surface area (Å²) in [5.41, 5.74) is 2.34. The summed E-state index contributed by atoms with van der Waals surface area (Å²) in [5.74, 6) is 0. The number of allylic oxidation sites excluding steroid dienone is 1. The Hall–Kier alpha value is -1.06. The Balaban J connectivity index is 1.81. The molecule has 2 rings (SSSR count). The second kappa shape index (κ2) is 6.92. The number of nitrogens with one attached hydrogen (secondary N) is 1. The second-order valence-corrected chi connectivity index (χ2v) is 5.70. The van der Waals surface area contributed by atoms with E-state index in [0.29, 0.717) is 11.2 Å². The third-order valence-corrected chi connectivity index (χ3v) is 3.77. The van der Waals surface area contributed by atoms with Crippen LogP contribution in [0.1, 0.15) is 26.7 Å². The van der Waals surface area contributed by atoms with E-state index in [0.717, 1.165) is 38.2 Å². The van der Waals surface area contributed by atoms with E-state index in [2.05, 4.69) is 35.1 Å². The van der Waals surface area contributed by atoms with Gasteiger partial charge in [0.25, 0.3) is 0 Å². The minimum absolute atomic E-state index is 0.504. The van der Waals surface area contributed by atoms with Crippen molar-refractivity contribution in [3.8, 4) is 0 Å². The number of anilines is 1. The molecule has 1 aliphatic heterocycles. The van der Waals surface area contributed by atoms with Crippen molar-refractivity contribution < 1.29 is 0 Å². The van der Waals surface area contributed by atoms with Gasteiger partial charge in [-0.3, -0.25) is 4.90 Å². The predicted molar refractivity (Wildman–Crippen MR) is 81.8 cm³/mol. The first kappa shape index (κ1) is 14.4. The molecule has 1 aromatic rings. The van der Waals surface area contributed by atoms with Crippen LogP contribution in [0.5, 0.6) is 0 Å². The van der Waals surface area contributed by atoms with Gasteiger partial charge in [0, 0.05) is 31.9 Å². The van der Waals surface area contributed by atoms with Gasteiger partial charge >= 0.3 is 0 Å². The van der Waals surface area contributed by atoms with Crippen LogP contribution in [-0.2, 0) is 0 Å². The molecule has 19 heavy (non-hydrogen) atoms. The van der Waals surface area contributed by atoms with Gasteiger partial charge < -0.3 is 5.32 Å². The molecule has 1 fully saturated rings. The summed E-state index contributed by atoms with van der Waals surface area (Å²) in [4.78, 5) is 6.59. The highest BCUT2D eigenvalue weighted by atomic mass is 35.5. The third kappa shape index (κ3) is 4.51. The Bertz CT molecular complexity index is 433. The summed E-state index contributed by atoms with van der Waals surface area (Å²) in [6.07, 6.45) is 6.32.